The molecule has 0 aliphatic carbocycles. The van der Waals surface area contributed by atoms with Crippen LogP contribution < -0.4 is 5.30 Å². The molecule has 0 N–H and O–H groups in total. The van der Waals surface area contributed by atoms with Crippen LogP contribution in [0, 0.1) is 0 Å². The van der Waals surface area contributed by atoms with Crippen molar-refractivity contribution in [1.29, 1.82) is 0 Å². The van der Waals surface area contributed by atoms with Crippen molar-refractivity contribution in [2.24, 2.45) is 0 Å². The minimum Gasteiger partial charge on any atom is -0.284 e. The van der Waals surface area contributed by atoms with Gasteiger partial charge in [-0.25, -0.2) is 9.34 Å². The second-order valence-corrected chi connectivity index (χ2v) is 7.67. The lowest BCUT2D eigenvalue weighted by Crippen LogP contribution is -2.39. The van der Waals surface area contributed by atoms with Gasteiger partial charge in [0, 0.05) is 18.4 Å². The highest BCUT2D eigenvalue weighted by Gasteiger charge is 2.38. The van der Waals surface area contributed by atoms with E-state index < -0.39 is 19.2 Å². The lowest BCUT2D eigenvalue weighted by Gasteiger charge is -2.39. The normalized spacial score (nSPS) is 21.5. The lowest BCUT2D eigenvalue weighted by atomic mass is 10.2. The topological polar surface area (TPSA) is 23.6 Å². The third kappa shape index (κ3) is 2.57. The second-order valence-electron chi connectivity index (χ2n) is 4.70. The zero-order chi connectivity index (χ0) is 14.3. The number of alkyl halides is 3. The molecule has 3 nitrogen and oxygen atoms in total. The first kappa shape index (κ1) is 14.6. The average molecular weight is 292 g/mol. The predicted octanol–water partition coefficient (Wildman–Crippen LogP) is 2.79. The summed E-state index contributed by atoms with van der Waals surface area (Å²) >= 11 is 0. The molecule has 0 saturated carbocycles. The quantitative estimate of drug-likeness (QED) is 0.744. The number of hydrogen-bond acceptors (Lipinski definition) is 1. The Kier molecular flexibility index (Phi) is 3.78. The van der Waals surface area contributed by atoms with E-state index in [2.05, 4.69) is 0 Å². The van der Waals surface area contributed by atoms with Crippen LogP contribution in [0.25, 0.3) is 0 Å². The number of hydrogen-bond donors (Lipinski definition) is 0. The first-order valence-corrected chi connectivity index (χ1v) is 7.58. The summed E-state index contributed by atoms with van der Waals surface area (Å²) in [5.74, 6) is 0. The fourth-order valence-electron chi connectivity index (χ4n) is 2.30. The van der Waals surface area contributed by atoms with Gasteiger partial charge in [0.05, 0.1) is 5.56 Å². The first-order valence-electron chi connectivity index (χ1n) is 5.97. The Morgan fingerprint density at radius 2 is 1.53 bits per heavy atom. The average Bonchev–Trinajstić information content (AvgIpc) is 2.35. The highest BCUT2D eigenvalue weighted by atomic mass is 31.2. The van der Waals surface area contributed by atoms with Gasteiger partial charge in [-0.3, -0.25) is 4.57 Å². The molecule has 1 saturated heterocycles. The van der Waals surface area contributed by atoms with Gasteiger partial charge in [0.2, 0.25) is 7.44 Å². The van der Waals surface area contributed by atoms with E-state index in [1.807, 2.05) is 0 Å². The van der Waals surface area contributed by atoms with Crippen LogP contribution in [0.2, 0.25) is 0 Å². The molecule has 0 radical (unpaired) electrons. The lowest BCUT2D eigenvalue weighted by molar-refractivity contribution is -0.137. The van der Waals surface area contributed by atoms with E-state index in [1.165, 1.54) is 12.1 Å². The molecule has 1 fully saturated rings. The first-order chi connectivity index (χ1) is 8.76. The smallest absolute Gasteiger partial charge is 0.284 e. The van der Waals surface area contributed by atoms with Crippen LogP contribution in [0.1, 0.15) is 12.0 Å². The molecule has 0 amide bonds. The molecule has 1 aromatic rings. The van der Waals surface area contributed by atoms with Crippen LogP contribution in [-0.4, -0.2) is 36.5 Å². The Bertz CT molecular complexity index is 487. The summed E-state index contributed by atoms with van der Waals surface area (Å²) < 4.78 is 54.1. The maximum Gasteiger partial charge on any atom is 0.416 e. The van der Waals surface area contributed by atoms with E-state index in [-0.39, 0.29) is 0 Å². The van der Waals surface area contributed by atoms with Crippen LogP contribution in [-0.2, 0) is 10.7 Å². The van der Waals surface area contributed by atoms with E-state index in [0.29, 0.717) is 18.4 Å². The van der Waals surface area contributed by atoms with Gasteiger partial charge >= 0.3 is 6.18 Å². The zero-order valence-electron chi connectivity index (χ0n) is 10.8. The van der Waals surface area contributed by atoms with Crippen LogP contribution in [0.15, 0.2) is 24.3 Å². The fraction of sp³-hybridized carbons (Fsp3) is 0.500. The monoisotopic (exact) mass is 292 g/mol. The second kappa shape index (κ2) is 4.93. The zero-order valence-corrected chi connectivity index (χ0v) is 11.7. The summed E-state index contributed by atoms with van der Waals surface area (Å²) in [5, 5.41) is 0.449. The number of benzene rings is 1. The van der Waals surface area contributed by atoms with Crippen molar-refractivity contribution in [1.82, 2.24) is 9.34 Å². The molecule has 19 heavy (non-hydrogen) atoms. The summed E-state index contributed by atoms with van der Waals surface area (Å²) in [6.45, 7) is 1.37. The van der Waals surface area contributed by atoms with Crippen molar-refractivity contribution < 1.29 is 17.7 Å². The van der Waals surface area contributed by atoms with Crippen LogP contribution in [0.3, 0.4) is 0 Å². The number of nitrogens with zero attached hydrogens (tertiary/aromatic N) is 2. The van der Waals surface area contributed by atoms with Crippen molar-refractivity contribution in [2.75, 3.05) is 27.2 Å². The van der Waals surface area contributed by atoms with Gasteiger partial charge < -0.3 is 0 Å². The van der Waals surface area contributed by atoms with E-state index in [9.17, 15) is 17.7 Å². The number of halogens is 3. The highest BCUT2D eigenvalue weighted by Crippen LogP contribution is 2.52. The number of rotatable bonds is 1. The summed E-state index contributed by atoms with van der Waals surface area (Å²) in [4.78, 5) is 0. The van der Waals surface area contributed by atoms with E-state index in [0.717, 1.165) is 18.6 Å². The minimum absolute atomic E-state index is 0.449. The van der Waals surface area contributed by atoms with Gasteiger partial charge in [0.25, 0.3) is 0 Å². The maximum atomic E-state index is 13.0. The predicted molar refractivity (Wildman–Crippen MR) is 68.6 cm³/mol. The van der Waals surface area contributed by atoms with Crippen molar-refractivity contribution in [2.45, 2.75) is 12.6 Å². The Morgan fingerprint density at radius 1 is 1.05 bits per heavy atom. The molecule has 1 aliphatic rings. The molecule has 0 atom stereocenters. The molecule has 0 spiro atoms. The van der Waals surface area contributed by atoms with E-state index in [4.69, 9.17) is 0 Å². The minimum atomic E-state index is -4.36. The standard InChI is InChI=1S/C12H16F3N2OP/c1-16-8-3-9-17(2)19(16,18)11-6-4-10(5-7-11)12(13,14)15/h4-7H,3,8-9H2,1-2H3. The molecule has 106 valence electrons. The molecular weight excluding hydrogens is 276 g/mol. The SMILES string of the molecule is CN1CCCN(C)P1(=O)c1ccc(C(F)(F)F)cc1. The fourth-order valence-corrected chi connectivity index (χ4v) is 4.97. The van der Waals surface area contributed by atoms with Crippen LogP contribution in [0.5, 0.6) is 0 Å². The molecule has 7 heteroatoms. The Morgan fingerprint density at radius 3 is 1.95 bits per heavy atom. The van der Waals surface area contributed by atoms with Gasteiger partial charge in [0.15, 0.2) is 0 Å². The highest BCUT2D eigenvalue weighted by molar-refractivity contribution is 7.67. The summed E-state index contributed by atoms with van der Waals surface area (Å²) in [6.07, 6.45) is -3.46. The Balaban J connectivity index is 2.38. The van der Waals surface area contributed by atoms with Gasteiger partial charge in [-0.2, -0.15) is 13.2 Å². The van der Waals surface area contributed by atoms with Gasteiger partial charge in [-0.1, -0.05) is 0 Å². The van der Waals surface area contributed by atoms with Gasteiger partial charge in [0.1, 0.15) is 0 Å². The largest absolute Gasteiger partial charge is 0.416 e. The third-order valence-corrected chi connectivity index (χ3v) is 6.64. The van der Waals surface area contributed by atoms with Crippen LogP contribution >= 0.6 is 7.44 Å². The summed E-state index contributed by atoms with van der Waals surface area (Å²) in [6, 6.07) is 4.63. The van der Waals surface area contributed by atoms with Crippen molar-refractivity contribution >= 4 is 12.7 Å². The van der Waals surface area contributed by atoms with E-state index >= 15 is 0 Å². The molecule has 1 heterocycles. The molecule has 1 aromatic carbocycles. The van der Waals surface area contributed by atoms with E-state index in [1.54, 1.807) is 23.4 Å². The van der Waals surface area contributed by atoms with Crippen molar-refractivity contribution in [3.8, 4) is 0 Å². The Hall–Kier alpha value is -0.840. The maximum absolute atomic E-state index is 13.0. The van der Waals surface area contributed by atoms with Gasteiger partial charge in [-0.15, -0.1) is 0 Å². The summed E-state index contributed by atoms with van der Waals surface area (Å²) in [7, 11) is 0.568. The third-order valence-electron chi connectivity index (χ3n) is 3.42. The molecular formula is C12H16F3N2OP. The van der Waals surface area contributed by atoms with Gasteiger partial charge in [-0.05, 0) is 44.8 Å². The van der Waals surface area contributed by atoms with Crippen molar-refractivity contribution in [3.63, 3.8) is 0 Å². The van der Waals surface area contributed by atoms with Crippen molar-refractivity contribution in [3.05, 3.63) is 29.8 Å². The molecule has 0 bridgehead atoms. The molecule has 0 unspecified atom stereocenters. The molecule has 2 rings (SSSR count). The Labute approximate surface area is 110 Å². The van der Waals surface area contributed by atoms with Crippen LogP contribution in [0.4, 0.5) is 13.2 Å². The summed E-state index contributed by atoms with van der Waals surface area (Å²) in [5.41, 5.74) is -0.717. The molecule has 1 aliphatic heterocycles. The molecule has 0 aromatic heterocycles.